The summed E-state index contributed by atoms with van der Waals surface area (Å²) >= 11 is 1.49. The molecule has 2 heterocycles. The number of rotatable bonds is 7. The van der Waals surface area contributed by atoms with Crippen molar-refractivity contribution in [2.24, 2.45) is 0 Å². The maximum atomic E-state index is 13.0. The molecule has 144 valence electrons. The van der Waals surface area contributed by atoms with E-state index in [4.69, 9.17) is 4.74 Å². The SMILES string of the molecule is CCc1cc(C(=O)c2ccc(OC)cc2)c(NC(=O)C[NH+]2CCCCC2)s1. The van der Waals surface area contributed by atoms with Gasteiger partial charge in [0.2, 0.25) is 0 Å². The third kappa shape index (κ3) is 4.96. The first kappa shape index (κ1) is 19.6. The molecular weight excluding hydrogens is 360 g/mol. The summed E-state index contributed by atoms with van der Waals surface area (Å²) in [5.74, 6) is 0.624. The van der Waals surface area contributed by atoms with Gasteiger partial charge in [-0.25, -0.2) is 0 Å². The van der Waals surface area contributed by atoms with Gasteiger partial charge in [0.25, 0.3) is 5.91 Å². The highest BCUT2D eigenvalue weighted by molar-refractivity contribution is 7.16. The molecule has 0 radical (unpaired) electrons. The second-order valence-corrected chi connectivity index (χ2v) is 8.04. The number of hydrogen-bond acceptors (Lipinski definition) is 4. The van der Waals surface area contributed by atoms with Gasteiger partial charge in [-0.2, -0.15) is 0 Å². The smallest absolute Gasteiger partial charge is 0.280 e. The number of carbonyl (C=O) groups excluding carboxylic acids is 2. The van der Waals surface area contributed by atoms with Crippen LogP contribution in [0.25, 0.3) is 0 Å². The van der Waals surface area contributed by atoms with E-state index in [1.807, 2.05) is 6.07 Å². The lowest BCUT2D eigenvalue weighted by Crippen LogP contribution is -3.13. The lowest BCUT2D eigenvalue weighted by atomic mass is 10.0. The molecule has 6 heteroatoms. The van der Waals surface area contributed by atoms with Crippen LogP contribution in [-0.2, 0) is 11.2 Å². The van der Waals surface area contributed by atoms with E-state index in [0.717, 1.165) is 24.4 Å². The molecule has 1 fully saturated rings. The van der Waals surface area contributed by atoms with Crippen molar-refractivity contribution in [2.45, 2.75) is 32.6 Å². The van der Waals surface area contributed by atoms with Crippen molar-refractivity contribution in [1.29, 1.82) is 0 Å². The third-order valence-electron chi connectivity index (χ3n) is 4.95. The van der Waals surface area contributed by atoms with E-state index in [1.54, 1.807) is 31.4 Å². The summed E-state index contributed by atoms with van der Waals surface area (Å²) in [7, 11) is 1.60. The standard InChI is InChI=1S/C21H26N2O3S/c1-3-17-13-18(20(25)15-7-9-16(26-2)10-8-15)21(27-17)22-19(24)14-23-11-5-4-6-12-23/h7-10,13H,3-6,11-12,14H2,1-2H3,(H,22,24)/p+1. The molecule has 1 aliphatic rings. The predicted octanol–water partition coefficient (Wildman–Crippen LogP) is 2.56. The Balaban J connectivity index is 1.75. The fourth-order valence-corrected chi connectivity index (χ4v) is 4.41. The third-order valence-corrected chi connectivity index (χ3v) is 6.15. The zero-order valence-electron chi connectivity index (χ0n) is 16.0. The van der Waals surface area contributed by atoms with Crippen LogP contribution in [0.4, 0.5) is 5.00 Å². The normalized spacial score (nSPS) is 14.7. The van der Waals surface area contributed by atoms with Gasteiger partial charge in [0.15, 0.2) is 12.3 Å². The van der Waals surface area contributed by atoms with Crippen LogP contribution in [-0.4, -0.2) is 38.4 Å². The first-order valence-corrected chi connectivity index (χ1v) is 10.4. The van der Waals surface area contributed by atoms with Gasteiger partial charge in [-0.15, -0.1) is 11.3 Å². The number of ketones is 1. The van der Waals surface area contributed by atoms with Crippen LogP contribution < -0.4 is 15.0 Å². The number of thiophene rings is 1. The highest BCUT2D eigenvalue weighted by Gasteiger charge is 2.22. The number of ether oxygens (including phenoxy) is 1. The molecule has 0 bridgehead atoms. The molecular formula is C21H27N2O3S+. The molecule has 2 aromatic rings. The Hall–Kier alpha value is -2.18. The summed E-state index contributed by atoms with van der Waals surface area (Å²) in [4.78, 5) is 27.9. The second-order valence-electron chi connectivity index (χ2n) is 6.90. The Kier molecular flexibility index (Phi) is 6.63. The number of hydrogen-bond donors (Lipinski definition) is 2. The topological polar surface area (TPSA) is 59.8 Å². The fraction of sp³-hybridized carbons (Fsp3) is 0.429. The van der Waals surface area contributed by atoms with E-state index in [0.29, 0.717) is 28.4 Å². The number of anilines is 1. The summed E-state index contributed by atoms with van der Waals surface area (Å²) in [6, 6.07) is 8.97. The largest absolute Gasteiger partial charge is 0.497 e. The Morgan fingerprint density at radius 1 is 1.15 bits per heavy atom. The van der Waals surface area contributed by atoms with Crippen LogP contribution in [0.5, 0.6) is 5.75 Å². The second kappa shape index (κ2) is 9.15. The summed E-state index contributed by atoms with van der Waals surface area (Å²) in [6.07, 6.45) is 4.46. The van der Waals surface area contributed by atoms with Crippen molar-refractivity contribution in [3.8, 4) is 5.75 Å². The van der Waals surface area contributed by atoms with Crippen LogP contribution in [0.1, 0.15) is 47.0 Å². The van der Waals surface area contributed by atoms with Gasteiger partial charge in [-0.05, 0) is 56.0 Å². The fourth-order valence-electron chi connectivity index (χ4n) is 3.40. The number of nitrogens with one attached hydrogen (secondary N) is 2. The van der Waals surface area contributed by atoms with Crippen molar-refractivity contribution in [1.82, 2.24) is 0 Å². The van der Waals surface area contributed by atoms with Crippen molar-refractivity contribution in [3.05, 3.63) is 46.3 Å². The first-order chi connectivity index (χ1) is 13.1. The first-order valence-electron chi connectivity index (χ1n) is 9.55. The van der Waals surface area contributed by atoms with E-state index in [9.17, 15) is 9.59 Å². The summed E-state index contributed by atoms with van der Waals surface area (Å²) in [5.41, 5.74) is 1.16. The molecule has 3 rings (SSSR count). The van der Waals surface area contributed by atoms with Gasteiger partial charge in [0.05, 0.1) is 25.8 Å². The molecule has 1 amide bonds. The number of quaternary nitrogens is 1. The molecule has 0 unspecified atom stereocenters. The highest BCUT2D eigenvalue weighted by atomic mass is 32.1. The quantitative estimate of drug-likeness (QED) is 0.718. The average Bonchev–Trinajstić information content (AvgIpc) is 3.11. The molecule has 1 aliphatic heterocycles. The van der Waals surface area contributed by atoms with Gasteiger partial charge in [0.1, 0.15) is 10.8 Å². The van der Waals surface area contributed by atoms with Gasteiger partial charge in [0, 0.05) is 10.4 Å². The average molecular weight is 388 g/mol. The van der Waals surface area contributed by atoms with Crippen molar-refractivity contribution in [3.63, 3.8) is 0 Å². The maximum absolute atomic E-state index is 13.0. The lowest BCUT2D eigenvalue weighted by molar-refractivity contribution is -0.896. The van der Waals surface area contributed by atoms with E-state index in [1.165, 1.54) is 35.5 Å². The van der Waals surface area contributed by atoms with Crippen LogP contribution in [0, 0.1) is 0 Å². The van der Waals surface area contributed by atoms with Crippen LogP contribution >= 0.6 is 11.3 Å². The summed E-state index contributed by atoms with van der Waals surface area (Å²) in [5, 5.41) is 3.66. The van der Waals surface area contributed by atoms with Gasteiger partial charge >= 0.3 is 0 Å². The van der Waals surface area contributed by atoms with E-state index < -0.39 is 0 Å². The lowest BCUT2D eigenvalue weighted by Gasteiger charge is -2.22. The predicted molar refractivity (Wildman–Crippen MR) is 108 cm³/mol. The molecule has 2 N–H and O–H groups in total. The Morgan fingerprint density at radius 2 is 1.85 bits per heavy atom. The molecule has 1 aromatic carbocycles. The molecule has 0 saturated carbocycles. The number of carbonyl (C=O) groups is 2. The van der Waals surface area contributed by atoms with Crippen LogP contribution in [0.15, 0.2) is 30.3 Å². The molecule has 5 nitrogen and oxygen atoms in total. The van der Waals surface area contributed by atoms with E-state index in [-0.39, 0.29) is 11.7 Å². The molecule has 0 atom stereocenters. The number of aryl methyl sites for hydroxylation is 1. The van der Waals surface area contributed by atoms with Crippen molar-refractivity contribution < 1.29 is 19.2 Å². The van der Waals surface area contributed by atoms with Gasteiger partial charge in [-0.1, -0.05) is 6.92 Å². The van der Waals surface area contributed by atoms with Crippen molar-refractivity contribution >= 4 is 28.0 Å². The van der Waals surface area contributed by atoms with Crippen LogP contribution in [0.3, 0.4) is 0 Å². The Bertz CT molecular complexity index is 792. The molecule has 0 spiro atoms. The number of amides is 1. The minimum Gasteiger partial charge on any atom is -0.497 e. The zero-order chi connectivity index (χ0) is 19.2. The van der Waals surface area contributed by atoms with Crippen LogP contribution in [0.2, 0.25) is 0 Å². The van der Waals surface area contributed by atoms with Gasteiger partial charge in [-0.3, -0.25) is 9.59 Å². The van der Waals surface area contributed by atoms with Crippen molar-refractivity contribution in [2.75, 3.05) is 32.1 Å². The number of methoxy groups -OCH3 is 1. The number of piperidine rings is 1. The number of likely N-dealkylation sites (tertiary alicyclic amines) is 1. The summed E-state index contributed by atoms with van der Waals surface area (Å²) < 4.78 is 5.16. The molecule has 0 aliphatic carbocycles. The molecule has 1 aromatic heterocycles. The zero-order valence-corrected chi connectivity index (χ0v) is 16.8. The maximum Gasteiger partial charge on any atom is 0.280 e. The molecule has 1 saturated heterocycles. The Morgan fingerprint density at radius 3 is 2.48 bits per heavy atom. The molecule has 27 heavy (non-hydrogen) atoms. The van der Waals surface area contributed by atoms with Gasteiger partial charge < -0.3 is 15.0 Å². The monoisotopic (exact) mass is 387 g/mol. The minimum absolute atomic E-state index is 0.0137. The Labute approximate surface area is 164 Å². The minimum atomic E-state index is -0.0748. The number of benzene rings is 1. The summed E-state index contributed by atoms with van der Waals surface area (Å²) in [6.45, 7) is 4.62. The van der Waals surface area contributed by atoms with E-state index in [2.05, 4.69) is 12.2 Å². The highest BCUT2D eigenvalue weighted by Crippen LogP contribution is 2.30. The van der Waals surface area contributed by atoms with E-state index >= 15 is 0 Å².